The minimum atomic E-state index is 0.138. The third kappa shape index (κ3) is 5.84. The second-order valence-electron chi connectivity index (χ2n) is 4.02. The Bertz CT molecular complexity index is 150. The van der Waals surface area contributed by atoms with E-state index in [1.165, 1.54) is 5.57 Å². The quantitative estimate of drug-likeness (QED) is 0.449. The van der Waals surface area contributed by atoms with Crippen molar-refractivity contribution in [2.75, 3.05) is 0 Å². The zero-order valence-electron chi connectivity index (χ0n) is 7.98. The van der Waals surface area contributed by atoms with Gasteiger partial charge in [-0.15, -0.1) is 0 Å². The average molecular weight is 154 g/mol. The molecule has 0 aliphatic rings. The van der Waals surface area contributed by atoms with Crippen LogP contribution in [0.3, 0.4) is 0 Å². The molecule has 0 aliphatic carbocycles. The lowest BCUT2D eigenvalue weighted by Crippen LogP contribution is -2.10. The first-order chi connectivity index (χ1) is 4.98. The highest BCUT2D eigenvalue weighted by Gasteiger charge is 2.14. The number of aldehydes is 1. The number of hydrogen-bond acceptors (Lipinski definition) is 1. The Morgan fingerprint density at radius 1 is 1.27 bits per heavy atom. The van der Waals surface area contributed by atoms with Crippen LogP contribution in [0, 0.1) is 5.41 Å². The van der Waals surface area contributed by atoms with Gasteiger partial charge < -0.3 is 4.79 Å². The maximum Gasteiger partial charge on any atom is 0.120 e. The van der Waals surface area contributed by atoms with Gasteiger partial charge in [0.25, 0.3) is 0 Å². The molecule has 0 bridgehead atoms. The van der Waals surface area contributed by atoms with Gasteiger partial charge in [-0.2, -0.15) is 0 Å². The maximum atomic E-state index is 10.2. The van der Waals surface area contributed by atoms with E-state index in [2.05, 4.69) is 33.8 Å². The molecule has 1 heteroatoms. The van der Waals surface area contributed by atoms with Crippen LogP contribution in [-0.4, -0.2) is 6.29 Å². The van der Waals surface area contributed by atoms with E-state index in [9.17, 15) is 4.79 Å². The molecule has 0 aromatic rings. The monoisotopic (exact) mass is 154 g/mol. The Kier molecular flexibility index (Phi) is 4.09. The third-order valence-corrected chi connectivity index (χ3v) is 1.70. The lowest BCUT2D eigenvalue weighted by atomic mass is 9.86. The number of hydrogen-bond donors (Lipinski definition) is 0. The molecular weight excluding hydrogens is 136 g/mol. The molecule has 0 rings (SSSR count). The van der Waals surface area contributed by atoms with Gasteiger partial charge in [-0.1, -0.05) is 25.5 Å². The van der Waals surface area contributed by atoms with E-state index in [1.807, 2.05) is 0 Å². The molecule has 11 heavy (non-hydrogen) atoms. The van der Waals surface area contributed by atoms with E-state index in [4.69, 9.17) is 0 Å². The van der Waals surface area contributed by atoms with Gasteiger partial charge in [0.1, 0.15) is 6.29 Å². The third-order valence-electron chi connectivity index (χ3n) is 1.70. The van der Waals surface area contributed by atoms with Gasteiger partial charge in [0.15, 0.2) is 0 Å². The first-order valence-electron chi connectivity index (χ1n) is 4.05. The Hall–Kier alpha value is -0.590. The molecule has 0 N–H and O–H groups in total. The lowest BCUT2D eigenvalue weighted by Gasteiger charge is -2.19. The highest BCUT2D eigenvalue weighted by Crippen LogP contribution is 2.24. The molecule has 0 saturated carbocycles. The van der Waals surface area contributed by atoms with Crippen LogP contribution in [-0.2, 0) is 4.79 Å². The lowest BCUT2D eigenvalue weighted by molar-refractivity contribution is -0.109. The van der Waals surface area contributed by atoms with E-state index < -0.39 is 0 Å². The highest BCUT2D eigenvalue weighted by atomic mass is 16.1. The van der Waals surface area contributed by atoms with Crippen molar-refractivity contribution >= 4 is 6.29 Å². The fourth-order valence-corrected chi connectivity index (χ4v) is 0.789. The van der Waals surface area contributed by atoms with Crippen molar-refractivity contribution in [3.8, 4) is 0 Å². The number of rotatable bonds is 4. The van der Waals surface area contributed by atoms with Crippen molar-refractivity contribution < 1.29 is 4.79 Å². The van der Waals surface area contributed by atoms with Gasteiger partial charge in [0.05, 0.1) is 0 Å². The van der Waals surface area contributed by atoms with Crippen molar-refractivity contribution in [1.29, 1.82) is 0 Å². The van der Waals surface area contributed by atoms with Crippen LogP contribution in [0.15, 0.2) is 11.6 Å². The van der Waals surface area contributed by atoms with Crippen LogP contribution in [0.5, 0.6) is 0 Å². The highest BCUT2D eigenvalue weighted by molar-refractivity contribution is 5.50. The number of carbonyl (C=O) groups is 1. The molecule has 0 saturated heterocycles. The van der Waals surface area contributed by atoms with E-state index in [0.717, 1.165) is 12.7 Å². The van der Waals surface area contributed by atoms with Gasteiger partial charge in [0.2, 0.25) is 0 Å². The summed E-state index contributed by atoms with van der Waals surface area (Å²) < 4.78 is 0. The number of carbonyl (C=O) groups excluding carboxylic acids is 1. The van der Waals surface area contributed by atoms with Crippen molar-refractivity contribution in [3.63, 3.8) is 0 Å². The standard InChI is InChI=1S/C10H18O/c1-9(2)5-6-10(3,4)7-8-11/h5,8H,6-7H2,1-4H3. The number of allylic oxidation sites excluding steroid dienone is 2. The molecule has 0 atom stereocenters. The van der Waals surface area contributed by atoms with Crippen molar-refractivity contribution in [1.82, 2.24) is 0 Å². The topological polar surface area (TPSA) is 17.1 Å². The summed E-state index contributed by atoms with van der Waals surface area (Å²) in [6.07, 6.45) is 4.83. The Labute approximate surface area is 69.5 Å². The average Bonchev–Trinajstić information content (AvgIpc) is 1.84. The maximum absolute atomic E-state index is 10.2. The van der Waals surface area contributed by atoms with E-state index in [0.29, 0.717) is 6.42 Å². The summed E-state index contributed by atoms with van der Waals surface area (Å²) in [7, 11) is 0. The summed E-state index contributed by atoms with van der Waals surface area (Å²) in [6.45, 7) is 8.38. The van der Waals surface area contributed by atoms with Crippen LogP contribution in [0.4, 0.5) is 0 Å². The van der Waals surface area contributed by atoms with E-state index in [1.54, 1.807) is 0 Å². The van der Waals surface area contributed by atoms with Crippen LogP contribution in [0.1, 0.15) is 40.5 Å². The molecule has 0 aliphatic heterocycles. The Morgan fingerprint density at radius 2 is 1.82 bits per heavy atom. The SMILES string of the molecule is CC(C)=CCC(C)(C)CC=O. The smallest absolute Gasteiger partial charge is 0.120 e. The van der Waals surface area contributed by atoms with Gasteiger partial charge in [-0.25, -0.2) is 0 Å². The molecule has 0 heterocycles. The van der Waals surface area contributed by atoms with E-state index >= 15 is 0 Å². The van der Waals surface area contributed by atoms with Gasteiger partial charge in [-0.3, -0.25) is 0 Å². The van der Waals surface area contributed by atoms with Crippen molar-refractivity contribution in [3.05, 3.63) is 11.6 Å². The first kappa shape index (κ1) is 10.4. The fraction of sp³-hybridized carbons (Fsp3) is 0.700. The van der Waals surface area contributed by atoms with Crippen LogP contribution < -0.4 is 0 Å². The molecule has 0 amide bonds. The molecular formula is C10H18O. The van der Waals surface area contributed by atoms with Crippen LogP contribution in [0.2, 0.25) is 0 Å². The normalized spacial score (nSPS) is 10.9. The van der Waals surface area contributed by atoms with Gasteiger partial charge in [-0.05, 0) is 25.7 Å². The summed E-state index contributed by atoms with van der Waals surface area (Å²) in [6, 6.07) is 0. The van der Waals surface area contributed by atoms with Crippen LogP contribution >= 0.6 is 0 Å². The molecule has 64 valence electrons. The second-order valence-corrected chi connectivity index (χ2v) is 4.02. The molecule has 0 spiro atoms. The van der Waals surface area contributed by atoms with Crippen molar-refractivity contribution in [2.24, 2.45) is 5.41 Å². The molecule has 0 aromatic heterocycles. The summed E-state index contributed by atoms with van der Waals surface area (Å²) in [4.78, 5) is 10.2. The fourth-order valence-electron chi connectivity index (χ4n) is 0.789. The summed E-state index contributed by atoms with van der Waals surface area (Å²) in [5, 5.41) is 0. The van der Waals surface area contributed by atoms with Crippen LogP contribution in [0.25, 0.3) is 0 Å². The Morgan fingerprint density at radius 3 is 2.18 bits per heavy atom. The van der Waals surface area contributed by atoms with E-state index in [-0.39, 0.29) is 5.41 Å². The summed E-state index contributed by atoms with van der Waals surface area (Å²) >= 11 is 0. The minimum Gasteiger partial charge on any atom is -0.303 e. The molecule has 0 radical (unpaired) electrons. The zero-order chi connectivity index (χ0) is 8.91. The largest absolute Gasteiger partial charge is 0.303 e. The van der Waals surface area contributed by atoms with Crippen molar-refractivity contribution in [2.45, 2.75) is 40.5 Å². The summed E-state index contributed by atoms with van der Waals surface area (Å²) in [5.74, 6) is 0. The predicted octanol–water partition coefficient (Wildman–Crippen LogP) is 2.96. The molecule has 0 fully saturated rings. The molecule has 1 nitrogen and oxygen atoms in total. The molecule has 0 aromatic carbocycles. The van der Waals surface area contributed by atoms with Gasteiger partial charge >= 0.3 is 0 Å². The van der Waals surface area contributed by atoms with Gasteiger partial charge in [0, 0.05) is 6.42 Å². The first-order valence-corrected chi connectivity index (χ1v) is 4.05. The Balaban J connectivity index is 3.91. The summed E-state index contributed by atoms with van der Waals surface area (Å²) in [5.41, 5.74) is 1.46. The zero-order valence-corrected chi connectivity index (χ0v) is 7.98. The second kappa shape index (κ2) is 4.32. The molecule has 0 unspecified atom stereocenters. The predicted molar refractivity (Wildman–Crippen MR) is 48.5 cm³/mol. The minimum absolute atomic E-state index is 0.138.